The van der Waals surface area contributed by atoms with Crippen LogP contribution >= 0.6 is 0 Å². The van der Waals surface area contributed by atoms with Crippen LogP contribution < -0.4 is 10.6 Å². The van der Waals surface area contributed by atoms with Crippen LogP contribution in [0.25, 0.3) is 0 Å². The van der Waals surface area contributed by atoms with Crippen molar-refractivity contribution >= 4 is 17.9 Å². The lowest BCUT2D eigenvalue weighted by atomic mass is 9.99. The smallest absolute Gasteiger partial charge is 0.408 e. The summed E-state index contributed by atoms with van der Waals surface area (Å²) in [5.41, 5.74) is 1.52. The summed E-state index contributed by atoms with van der Waals surface area (Å²) in [6.45, 7) is 9.95. The molecule has 0 spiro atoms. The highest BCUT2D eigenvalue weighted by Gasteiger charge is 2.48. The van der Waals surface area contributed by atoms with Gasteiger partial charge in [0, 0.05) is 24.6 Å². The minimum Gasteiger partial charge on any atom is -0.444 e. The van der Waals surface area contributed by atoms with Crippen LogP contribution in [0.1, 0.15) is 76.6 Å². The number of terminal acetylenes is 1. The summed E-state index contributed by atoms with van der Waals surface area (Å²) < 4.78 is 5.50. The van der Waals surface area contributed by atoms with Crippen LogP contribution in [0.4, 0.5) is 4.79 Å². The fourth-order valence-corrected chi connectivity index (χ4v) is 4.54. The highest BCUT2D eigenvalue weighted by atomic mass is 16.6. The molecule has 0 saturated heterocycles. The molecule has 2 aromatic carbocycles. The van der Waals surface area contributed by atoms with E-state index in [1.165, 1.54) is 0 Å². The molecule has 2 N–H and O–H groups in total. The molecule has 1 saturated carbocycles. The summed E-state index contributed by atoms with van der Waals surface area (Å²) >= 11 is 0. The molecule has 7 nitrogen and oxygen atoms in total. The van der Waals surface area contributed by atoms with Crippen molar-refractivity contribution in [3.8, 4) is 12.3 Å². The Kier molecular flexibility index (Phi) is 10.2. The lowest BCUT2D eigenvalue weighted by Crippen LogP contribution is -2.54. The van der Waals surface area contributed by atoms with Gasteiger partial charge >= 0.3 is 6.09 Å². The molecule has 2 aromatic rings. The number of carbonyl (C=O) groups is 3. The molecule has 1 fully saturated rings. The highest BCUT2D eigenvalue weighted by molar-refractivity contribution is 5.92. The van der Waals surface area contributed by atoms with E-state index in [1.54, 1.807) is 49.9 Å². The maximum absolute atomic E-state index is 14.4. The van der Waals surface area contributed by atoms with Crippen LogP contribution in [0.5, 0.6) is 0 Å². The molecule has 7 heteroatoms. The second kappa shape index (κ2) is 13.3. The fraction of sp³-hybridized carbons (Fsp3) is 0.469. The van der Waals surface area contributed by atoms with Crippen molar-refractivity contribution in [1.82, 2.24) is 15.5 Å². The first-order chi connectivity index (χ1) is 18.5. The van der Waals surface area contributed by atoms with Gasteiger partial charge in [-0.1, -0.05) is 68.7 Å². The van der Waals surface area contributed by atoms with Crippen LogP contribution in [-0.4, -0.2) is 47.0 Å². The van der Waals surface area contributed by atoms with E-state index in [2.05, 4.69) is 30.4 Å². The fourth-order valence-electron chi connectivity index (χ4n) is 4.54. The van der Waals surface area contributed by atoms with E-state index in [4.69, 9.17) is 11.2 Å². The molecule has 4 atom stereocenters. The van der Waals surface area contributed by atoms with Gasteiger partial charge in [-0.05, 0) is 62.8 Å². The van der Waals surface area contributed by atoms with E-state index >= 15 is 0 Å². The SMILES string of the molecule is C#Cc1ccc(C(C(=O)NCCCC)N(C(=O)C(Cc2ccccc2)NC(=O)OC(C)(C)C)C2CC2C)cc1. The summed E-state index contributed by atoms with van der Waals surface area (Å²) in [5, 5.41) is 5.82. The number of rotatable bonds is 11. The minimum absolute atomic E-state index is 0.134. The number of carbonyl (C=O) groups excluding carboxylic acids is 3. The van der Waals surface area contributed by atoms with Crippen LogP contribution in [0.15, 0.2) is 54.6 Å². The molecule has 3 rings (SSSR count). The molecule has 208 valence electrons. The van der Waals surface area contributed by atoms with Gasteiger partial charge in [0.1, 0.15) is 17.7 Å². The Morgan fingerprint density at radius 3 is 2.28 bits per heavy atom. The van der Waals surface area contributed by atoms with E-state index in [9.17, 15) is 14.4 Å². The third kappa shape index (κ3) is 8.61. The van der Waals surface area contributed by atoms with Gasteiger partial charge in [-0.25, -0.2) is 4.79 Å². The van der Waals surface area contributed by atoms with Gasteiger partial charge in [0.15, 0.2) is 0 Å². The summed E-state index contributed by atoms with van der Waals surface area (Å²) in [5.74, 6) is 2.25. The molecule has 0 heterocycles. The average molecular weight is 532 g/mol. The Hall–Kier alpha value is -3.79. The zero-order valence-corrected chi connectivity index (χ0v) is 23.7. The molecule has 0 radical (unpaired) electrons. The normalized spacial score (nSPS) is 17.7. The topological polar surface area (TPSA) is 87.7 Å². The largest absolute Gasteiger partial charge is 0.444 e. The summed E-state index contributed by atoms with van der Waals surface area (Å²) in [4.78, 5) is 42.6. The zero-order chi connectivity index (χ0) is 28.6. The quantitative estimate of drug-likeness (QED) is 0.316. The van der Waals surface area contributed by atoms with Crippen molar-refractivity contribution < 1.29 is 19.1 Å². The van der Waals surface area contributed by atoms with Gasteiger partial charge in [0.2, 0.25) is 11.8 Å². The third-order valence-corrected chi connectivity index (χ3v) is 6.70. The monoisotopic (exact) mass is 531 g/mol. The second-order valence-corrected chi connectivity index (χ2v) is 11.2. The van der Waals surface area contributed by atoms with Gasteiger partial charge in [-0.15, -0.1) is 6.42 Å². The molecule has 0 aliphatic heterocycles. The van der Waals surface area contributed by atoms with E-state index in [-0.39, 0.29) is 30.2 Å². The molecular formula is C32H41N3O4. The van der Waals surface area contributed by atoms with Gasteiger partial charge in [0.05, 0.1) is 0 Å². The Balaban J connectivity index is 2.01. The first kappa shape index (κ1) is 29.8. The molecule has 0 bridgehead atoms. The second-order valence-electron chi connectivity index (χ2n) is 11.2. The highest BCUT2D eigenvalue weighted by Crippen LogP contribution is 2.41. The summed E-state index contributed by atoms with van der Waals surface area (Å²) in [6.07, 6.45) is 7.68. The number of benzene rings is 2. The number of nitrogens with one attached hydrogen (secondary N) is 2. The van der Waals surface area contributed by atoms with Crippen LogP contribution in [-0.2, 0) is 20.7 Å². The molecule has 1 aliphatic carbocycles. The lowest BCUT2D eigenvalue weighted by Gasteiger charge is -2.35. The number of hydrogen-bond acceptors (Lipinski definition) is 4. The van der Waals surface area contributed by atoms with Crippen LogP contribution in [0.3, 0.4) is 0 Å². The Labute approximate surface area is 232 Å². The maximum atomic E-state index is 14.4. The zero-order valence-electron chi connectivity index (χ0n) is 23.7. The number of ether oxygens (including phenoxy) is 1. The van der Waals surface area contributed by atoms with Gasteiger partial charge in [-0.2, -0.15) is 0 Å². The summed E-state index contributed by atoms with van der Waals surface area (Å²) in [7, 11) is 0. The van der Waals surface area contributed by atoms with Gasteiger partial charge in [-0.3, -0.25) is 9.59 Å². The van der Waals surface area contributed by atoms with Crippen LogP contribution in [0.2, 0.25) is 0 Å². The van der Waals surface area contributed by atoms with E-state index in [0.717, 1.165) is 24.8 Å². The average Bonchev–Trinajstić information content (AvgIpc) is 3.61. The number of amides is 3. The van der Waals surface area contributed by atoms with Crippen molar-refractivity contribution in [2.45, 2.75) is 84.0 Å². The predicted octanol–water partition coefficient (Wildman–Crippen LogP) is 5.00. The van der Waals surface area contributed by atoms with Crippen molar-refractivity contribution in [3.63, 3.8) is 0 Å². The first-order valence-electron chi connectivity index (χ1n) is 13.7. The Morgan fingerprint density at radius 2 is 1.74 bits per heavy atom. The van der Waals surface area contributed by atoms with Crippen molar-refractivity contribution in [2.24, 2.45) is 5.92 Å². The number of nitrogens with zero attached hydrogens (tertiary/aromatic N) is 1. The Morgan fingerprint density at radius 1 is 1.10 bits per heavy atom. The number of hydrogen-bond donors (Lipinski definition) is 2. The molecule has 4 unspecified atom stereocenters. The molecule has 0 aromatic heterocycles. The standard InChI is InChI=1S/C32H41N3O4/c1-7-9-19-33-29(36)28(25-17-15-23(8-2)16-18-25)35(27-20-22(27)3)30(37)26(21-24-13-11-10-12-14-24)34-31(38)39-32(4,5)6/h2,10-18,22,26-28H,7,9,19-21H2,1,3-6H3,(H,33,36)(H,34,38). The predicted molar refractivity (Wildman–Crippen MR) is 153 cm³/mol. The Bertz CT molecular complexity index is 1160. The van der Waals surface area contributed by atoms with E-state index in [1.807, 2.05) is 30.3 Å². The molecule has 39 heavy (non-hydrogen) atoms. The summed E-state index contributed by atoms with van der Waals surface area (Å²) in [6, 6.07) is 14.7. The van der Waals surface area contributed by atoms with Crippen LogP contribution in [0, 0.1) is 18.3 Å². The maximum Gasteiger partial charge on any atom is 0.408 e. The van der Waals surface area contributed by atoms with Crippen molar-refractivity contribution in [3.05, 3.63) is 71.3 Å². The molecule has 3 amide bonds. The van der Waals surface area contributed by atoms with E-state index < -0.39 is 23.8 Å². The molecule has 1 aliphatic rings. The third-order valence-electron chi connectivity index (χ3n) is 6.70. The van der Waals surface area contributed by atoms with Gasteiger partial charge < -0.3 is 20.3 Å². The first-order valence-corrected chi connectivity index (χ1v) is 13.7. The van der Waals surface area contributed by atoms with Crippen molar-refractivity contribution in [1.29, 1.82) is 0 Å². The minimum atomic E-state index is -0.925. The van der Waals surface area contributed by atoms with Gasteiger partial charge in [0.25, 0.3) is 0 Å². The number of unbranched alkanes of at least 4 members (excludes halogenated alkanes) is 1. The van der Waals surface area contributed by atoms with E-state index in [0.29, 0.717) is 17.7 Å². The molecular weight excluding hydrogens is 490 g/mol. The number of alkyl carbamates (subject to hydrolysis) is 1. The lowest BCUT2D eigenvalue weighted by molar-refractivity contribution is -0.143. The van der Waals surface area contributed by atoms with Crippen molar-refractivity contribution in [2.75, 3.05) is 6.54 Å².